The lowest BCUT2D eigenvalue weighted by Crippen LogP contribution is -2.22. The molecule has 156 valence electrons. The number of halogens is 1. The van der Waals surface area contributed by atoms with Gasteiger partial charge in [0.05, 0.1) is 17.8 Å². The first-order valence-corrected chi connectivity index (χ1v) is 10.1. The summed E-state index contributed by atoms with van der Waals surface area (Å²) in [5, 5.41) is 12.4. The fraction of sp³-hybridized carbons (Fsp3) is 0.125. The minimum atomic E-state index is -0.900. The van der Waals surface area contributed by atoms with E-state index >= 15 is 0 Å². The minimum absolute atomic E-state index is 0.0709. The molecule has 1 aliphatic heterocycles. The van der Waals surface area contributed by atoms with Crippen molar-refractivity contribution >= 4 is 40.6 Å². The van der Waals surface area contributed by atoms with Gasteiger partial charge in [-0.1, -0.05) is 54.1 Å². The van der Waals surface area contributed by atoms with Crippen molar-refractivity contribution in [3.05, 3.63) is 94.0 Å². The number of hydrogen-bond acceptors (Lipinski definition) is 4. The van der Waals surface area contributed by atoms with E-state index in [9.17, 15) is 9.59 Å². The van der Waals surface area contributed by atoms with Gasteiger partial charge in [0.1, 0.15) is 5.92 Å². The van der Waals surface area contributed by atoms with Gasteiger partial charge in [-0.05, 0) is 46.5 Å². The van der Waals surface area contributed by atoms with Crippen LogP contribution in [-0.4, -0.2) is 22.7 Å². The molecule has 0 fully saturated rings. The molecule has 0 radical (unpaired) electrons. The summed E-state index contributed by atoms with van der Waals surface area (Å²) >= 11 is 6.09. The quantitative estimate of drug-likeness (QED) is 0.504. The summed E-state index contributed by atoms with van der Waals surface area (Å²) in [6, 6.07) is 19.9. The number of carbonyl (C=O) groups excluding carboxylic acids is 1. The van der Waals surface area contributed by atoms with Crippen LogP contribution in [0.1, 0.15) is 28.2 Å². The number of aliphatic imine (C=N–C) groups is 1. The molecule has 1 atom stereocenters. The van der Waals surface area contributed by atoms with Gasteiger partial charge in [-0.2, -0.15) is 0 Å². The maximum absolute atomic E-state index is 12.9. The van der Waals surface area contributed by atoms with Crippen LogP contribution in [0.3, 0.4) is 0 Å². The van der Waals surface area contributed by atoms with Gasteiger partial charge < -0.3 is 16.2 Å². The van der Waals surface area contributed by atoms with E-state index in [2.05, 4.69) is 5.32 Å². The number of carbonyl (C=O) groups is 2. The Bertz CT molecular complexity index is 1170. The molecule has 31 heavy (non-hydrogen) atoms. The smallest absolute Gasteiger partial charge is 0.307 e. The van der Waals surface area contributed by atoms with Gasteiger partial charge in [0.15, 0.2) is 0 Å². The molecule has 7 heteroatoms. The molecule has 0 spiro atoms. The van der Waals surface area contributed by atoms with Gasteiger partial charge >= 0.3 is 5.97 Å². The number of nitrogens with one attached hydrogen (secondary N) is 1. The fourth-order valence-electron chi connectivity index (χ4n) is 3.62. The van der Waals surface area contributed by atoms with Crippen molar-refractivity contribution in [2.45, 2.75) is 18.9 Å². The number of carboxylic acids is 1. The molecule has 0 aromatic heterocycles. The third-order valence-electron chi connectivity index (χ3n) is 5.15. The van der Waals surface area contributed by atoms with Crippen molar-refractivity contribution in [1.82, 2.24) is 0 Å². The van der Waals surface area contributed by atoms with E-state index < -0.39 is 11.9 Å². The second-order valence-corrected chi connectivity index (χ2v) is 7.73. The molecule has 0 bridgehead atoms. The number of carboxylic acid groups (broad SMARTS) is 1. The van der Waals surface area contributed by atoms with Crippen molar-refractivity contribution in [2.75, 3.05) is 5.32 Å². The zero-order chi connectivity index (χ0) is 22.0. The van der Waals surface area contributed by atoms with Gasteiger partial charge in [0, 0.05) is 17.3 Å². The van der Waals surface area contributed by atoms with Gasteiger partial charge in [0.25, 0.3) is 0 Å². The number of nitrogens with two attached hydrogens (primary N) is 1. The summed E-state index contributed by atoms with van der Waals surface area (Å²) in [7, 11) is 0. The molecular formula is C24H20ClN3O3. The van der Waals surface area contributed by atoms with Crippen LogP contribution in [0.5, 0.6) is 0 Å². The molecule has 1 heterocycles. The van der Waals surface area contributed by atoms with E-state index in [1.54, 1.807) is 36.4 Å². The zero-order valence-corrected chi connectivity index (χ0v) is 17.3. The lowest BCUT2D eigenvalue weighted by atomic mass is 9.90. The Balaban J connectivity index is 1.81. The summed E-state index contributed by atoms with van der Waals surface area (Å²) in [6.07, 6.45) is -0.0709. The molecule has 0 aliphatic carbocycles. The predicted octanol–water partition coefficient (Wildman–Crippen LogP) is 4.28. The molecule has 1 amide bonds. The van der Waals surface area contributed by atoms with E-state index in [-0.39, 0.29) is 12.3 Å². The predicted molar refractivity (Wildman–Crippen MR) is 121 cm³/mol. The first-order chi connectivity index (χ1) is 14.9. The molecule has 0 saturated heterocycles. The van der Waals surface area contributed by atoms with E-state index in [4.69, 9.17) is 27.4 Å². The van der Waals surface area contributed by atoms with Crippen molar-refractivity contribution < 1.29 is 14.7 Å². The normalized spacial score (nSPS) is 15.5. The highest BCUT2D eigenvalue weighted by atomic mass is 35.5. The number of benzene rings is 3. The van der Waals surface area contributed by atoms with Crippen LogP contribution in [0.25, 0.3) is 0 Å². The first kappa shape index (κ1) is 20.8. The number of amides is 1. The highest BCUT2D eigenvalue weighted by Gasteiger charge is 2.35. The van der Waals surface area contributed by atoms with Crippen molar-refractivity contribution in [3.63, 3.8) is 0 Å². The average Bonchev–Trinajstić information content (AvgIpc) is 3.07. The maximum Gasteiger partial charge on any atom is 0.307 e. The summed E-state index contributed by atoms with van der Waals surface area (Å²) in [6.45, 7) is 0.432. The lowest BCUT2D eigenvalue weighted by molar-refractivity contribution is -0.136. The highest BCUT2D eigenvalue weighted by molar-refractivity contribution is 6.31. The standard InChI is InChI=1S/C24H20ClN3O3/c25-17-7-10-19-20(12-17)28-24(31)22(19)23(27-18-8-3-15(13-26)4-9-18)16-5-1-14(2-6-16)11-21(29)30/h1-10,12,22H,11,13,26H2,(H,28,31)(H,29,30). The van der Waals surface area contributed by atoms with E-state index in [1.807, 2.05) is 30.3 Å². The Morgan fingerprint density at radius 2 is 1.71 bits per heavy atom. The molecule has 6 nitrogen and oxygen atoms in total. The van der Waals surface area contributed by atoms with Crippen LogP contribution in [0.2, 0.25) is 5.02 Å². The number of hydrogen-bond donors (Lipinski definition) is 3. The molecule has 4 rings (SSSR count). The van der Waals surface area contributed by atoms with Gasteiger partial charge in [-0.3, -0.25) is 14.6 Å². The number of aliphatic carboxylic acids is 1. The van der Waals surface area contributed by atoms with Crippen LogP contribution >= 0.6 is 11.6 Å². The zero-order valence-electron chi connectivity index (χ0n) is 16.5. The second kappa shape index (κ2) is 8.71. The lowest BCUT2D eigenvalue weighted by Gasteiger charge is -2.14. The largest absolute Gasteiger partial charge is 0.481 e. The van der Waals surface area contributed by atoms with E-state index in [0.29, 0.717) is 34.2 Å². The Morgan fingerprint density at radius 1 is 1.03 bits per heavy atom. The summed E-state index contributed by atoms with van der Waals surface area (Å²) in [5.41, 5.74) is 10.8. The Hall–Kier alpha value is -3.48. The number of fused-ring (bicyclic) bond motifs is 1. The molecule has 1 aliphatic rings. The molecule has 3 aromatic rings. The third kappa shape index (κ3) is 4.50. The van der Waals surface area contributed by atoms with Crippen LogP contribution < -0.4 is 11.1 Å². The molecule has 1 unspecified atom stereocenters. The van der Waals surface area contributed by atoms with Crippen molar-refractivity contribution in [3.8, 4) is 0 Å². The summed E-state index contributed by atoms with van der Waals surface area (Å²) in [5.74, 6) is -1.71. The average molecular weight is 434 g/mol. The van der Waals surface area contributed by atoms with Crippen LogP contribution in [0, 0.1) is 0 Å². The van der Waals surface area contributed by atoms with Gasteiger partial charge in [-0.15, -0.1) is 0 Å². The number of nitrogens with zero attached hydrogens (tertiary/aromatic N) is 1. The monoisotopic (exact) mass is 433 g/mol. The minimum Gasteiger partial charge on any atom is -0.481 e. The molecular weight excluding hydrogens is 414 g/mol. The summed E-state index contributed by atoms with van der Waals surface area (Å²) in [4.78, 5) is 28.7. The third-order valence-corrected chi connectivity index (χ3v) is 5.38. The Morgan fingerprint density at radius 3 is 2.35 bits per heavy atom. The number of rotatable bonds is 6. The maximum atomic E-state index is 12.9. The topological polar surface area (TPSA) is 105 Å². The van der Waals surface area contributed by atoms with Crippen molar-refractivity contribution in [1.29, 1.82) is 0 Å². The fourth-order valence-corrected chi connectivity index (χ4v) is 3.79. The van der Waals surface area contributed by atoms with E-state index in [1.165, 1.54) is 0 Å². The molecule has 4 N–H and O–H groups in total. The van der Waals surface area contributed by atoms with Crippen LogP contribution in [-0.2, 0) is 22.6 Å². The van der Waals surface area contributed by atoms with E-state index in [0.717, 1.165) is 16.7 Å². The first-order valence-electron chi connectivity index (χ1n) is 9.73. The Kier molecular flexibility index (Phi) is 5.84. The van der Waals surface area contributed by atoms with Gasteiger partial charge in [0.2, 0.25) is 5.91 Å². The van der Waals surface area contributed by atoms with Crippen molar-refractivity contribution in [2.24, 2.45) is 10.7 Å². The SMILES string of the molecule is NCc1ccc(N=C(c2ccc(CC(=O)O)cc2)C2C(=O)Nc3cc(Cl)ccc32)cc1. The summed E-state index contributed by atoms with van der Waals surface area (Å²) < 4.78 is 0. The van der Waals surface area contributed by atoms with Crippen LogP contribution in [0.15, 0.2) is 71.7 Å². The Labute approximate surface area is 184 Å². The molecule has 0 saturated carbocycles. The highest BCUT2D eigenvalue weighted by Crippen LogP contribution is 2.37. The second-order valence-electron chi connectivity index (χ2n) is 7.29. The molecule has 3 aromatic carbocycles. The number of anilines is 1. The van der Waals surface area contributed by atoms with Gasteiger partial charge in [-0.25, -0.2) is 0 Å². The van der Waals surface area contributed by atoms with Crippen LogP contribution in [0.4, 0.5) is 11.4 Å².